The number of hydrogen-bond donors (Lipinski definition) is 1. The molecule has 1 aliphatic heterocycles. The number of amides is 2. The van der Waals surface area contributed by atoms with Crippen LogP contribution in [0.25, 0.3) is 0 Å². The van der Waals surface area contributed by atoms with Crippen LogP contribution in [-0.4, -0.2) is 24.5 Å². The number of rotatable bonds is 1. The van der Waals surface area contributed by atoms with Crippen molar-refractivity contribution in [2.75, 3.05) is 13.6 Å². The summed E-state index contributed by atoms with van der Waals surface area (Å²) in [5, 5.41) is 2.33. The fourth-order valence-corrected chi connectivity index (χ4v) is 2.03. The number of likely N-dealkylation sites (N-methyl/N-ethyl adjacent to an activating group) is 1. The van der Waals surface area contributed by atoms with Crippen LogP contribution in [0, 0.1) is 0 Å². The average molecular weight is 312 g/mol. The van der Waals surface area contributed by atoms with Crippen molar-refractivity contribution < 1.29 is 31.1 Å². The van der Waals surface area contributed by atoms with E-state index in [-0.39, 0.29) is 18.2 Å². The predicted octanol–water partition coefficient (Wildman–Crippen LogP) is 3.42. The standard InChI is InChI=1S/C12H10F6N2O/c1-20-5-9(19-10(20)21)6-2-7(11(13,14)15)4-8(3-6)12(16,17)18/h2-4,9H,5H2,1H3,(H,19,21). The van der Waals surface area contributed by atoms with Gasteiger partial charge in [0.25, 0.3) is 0 Å². The molecule has 0 radical (unpaired) electrons. The van der Waals surface area contributed by atoms with Gasteiger partial charge in [0.1, 0.15) is 0 Å². The topological polar surface area (TPSA) is 32.3 Å². The molecule has 0 spiro atoms. The van der Waals surface area contributed by atoms with Crippen molar-refractivity contribution >= 4 is 6.03 Å². The molecular weight excluding hydrogens is 302 g/mol. The zero-order valence-electron chi connectivity index (χ0n) is 10.6. The Hall–Kier alpha value is -1.93. The third kappa shape index (κ3) is 3.22. The largest absolute Gasteiger partial charge is 0.416 e. The van der Waals surface area contributed by atoms with E-state index >= 15 is 0 Å². The molecule has 1 saturated heterocycles. The monoisotopic (exact) mass is 312 g/mol. The Morgan fingerprint density at radius 1 is 1.05 bits per heavy atom. The Morgan fingerprint density at radius 2 is 1.52 bits per heavy atom. The van der Waals surface area contributed by atoms with Crippen molar-refractivity contribution in [1.82, 2.24) is 10.2 Å². The molecule has 2 amide bonds. The van der Waals surface area contributed by atoms with Crippen molar-refractivity contribution in [3.8, 4) is 0 Å². The van der Waals surface area contributed by atoms with E-state index in [2.05, 4.69) is 5.32 Å². The lowest BCUT2D eigenvalue weighted by Crippen LogP contribution is -2.24. The van der Waals surface area contributed by atoms with E-state index in [0.29, 0.717) is 12.1 Å². The third-order valence-corrected chi connectivity index (χ3v) is 3.11. The number of nitrogens with one attached hydrogen (secondary N) is 1. The van der Waals surface area contributed by atoms with Crippen LogP contribution in [0.3, 0.4) is 0 Å². The maximum Gasteiger partial charge on any atom is 0.416 e. The second-order valence-electron chi connectivity index (χ2n) is 4.72. The molecule has 1 atom stereocenters. The summed E-state index contributed by atoms with van der Waals surface area (Å²) < 4.78 is 76.3. The fourth-order valence-electron chi connectivity index (χ4n) is 2.03. The number of alkyl halides is 6. The summed E-state index contributed by atoms with van der Waals surface area (Å²) in [5.41, 5.74) is -3.01. The van der Waals surface area contributed by atoms with Gasteiger partial charge in [0.05, 0.1) is 17.2 Å². The van der Waals surface area contributed by atoms with Gasteiger partial charge in [-0.3, -0.25) is 0 Å². The molecule has 21 heavy (non-hydrogen) atoms. The quantitative estimate of drug-likeness (QED) is 0.792. The molecule has 0 aromatic heterocycles. The van der Waals surface area contributed by atoms with Crippen LogP contribution in [0.4, 0.5) is 31.1 Å². The van der Waals surface area contributed by atoms with E-state index in [1.54, 1.807) is 0 Å². The molecular formula is C12H10F6N2O. The molecule has 0 aliphatic carbocycles. The summed E-state index contributed by atoms with van der Waals surface area (Å²) in [6, 6.07) is -0.153. The molecule has 9 heteroatoms. The minimum atomic E-state index is -4.90. The highest BCUT2D eigenvalue weighted by Crippen LogP contribution is 2.37. The number of halogens is 6. The second kappa shape index (κ2) is 4.81. The summed E-state index contributed by atoms with van der Waals surface area (Å²) in [7, 11) is 1.40. The molecule has 1 unspecified atom stereocenters. The normalized spacial score (nSPS) is 19.9. The minimum absolute atomic E-state index is 0.00254. The Labute approximate surface area is 115 Å². The molecule has 116 valence electrons. The van der Waals surface area contributed by atoms with Crippen LogP contribution < -0.4 is 5.32 Å². The molecule has 3 nitrogen and oxygen atoms in total. The molecule has 1 aliphatic rings. The molecule has 1 aromatic rings. The Balaban J connectivity index is 2.48. The van der Waals surface area contributed by atoms with E-state index in [4.69, 9.17) is 0 Å². The smallest absolute Gasteiger partial charge is 0.329 e. The minimum Gasteiger partial charge on any atom is -0.329 e. The number of urea groups is 1. The average Bonchev–Trinajstić information content (AvgIpc) is 2.67. The Morgan fingerprint density at radius 3 is 1.86 bits per heavy atom. The van der Waals surface area contributed by atoms with E-state index in [1.165, 1.54) is 11.9 Å². The first-order chi connectivity index (χ1) is 9.48. The van der Waals surface area contributed by atoms with Crippen molar-refractivity contribution in [3.05, 3.63) is 34.9 Å². The van der Waals surface area contributed by atoms with Crippen molar-refractivity contribution in [1.29, 1.82) is 0 Å². The van der Waals surface area contributed by atoms with Gasteiger partial charge in [-0.1, -0.05) is 0 Å². The van der Waals surface area contributed by atoms with Gasteiger partial charge in [0, 0.05) is 13.6 Å². The zero-order chi connectivity index (χ0) is 16.0. The summed E-state index contributed by atoms with van der Waals surface area (Å²) in [6.45, 7) is -0.00254. The van der Waals surface area contributed by atoms with Crippen LogP contribution in [-0.2, 0) is 12.4 Å². The number of hydrogen-bond acceptors (Lipinski definition) is 1. The summed E-state index contributed by atoms with van der Waals surface area (Å²) in [5.74, 6) is 0. The fraction of sp³-hybridized carbons (Fsp3) is 0.417. The van der Waals surface area contributed by atoms with Gasteiger partial charge in [-0.15, -0.1) is 0 Å². The number of nitrogens with zero attached hydrogens (tertiary/aromatic N) is 1. The van der Waals surface area contributed by atoms with Gasteiger partial charge in [-0.2, -0.15) is 26.3 Å². The highest BCUT2D eigenvalue weighted by Gasteiger charge is 2.38. The van der Waals surface area contributed by atoms with Gasteiger partial charge >= 0.3 is 18.4 Å². The predicted molar refractivity (Wildman–Crippen MR) is 60.3 cm³/mol. The Bertz CT molecular complexity index is 534. The first-order valence-electron chi connectivity index (χ1n) is 5.79. The first-order valence-corrected chi connectivity index (χ1v) is 5.79. The zero-order valence-corrected chi connectivity index (χ0v) is 10.6. The van der Waals surface area contributed by atoms with Crippen LogP contribution in [0.1, 0.15) is 22.7 Å². The summed E-state index contributed by atoms with van der Waals surface area (Å²) >= 11 is 0. The highest BCUT2D eigenvalue weighted by atomic mass is 19.4. The van der Waals surface area contributed by atoms with Gasteiger partial charge in [0.2, 0.25) is 0 Å². The molecule has 1 fully saturated rings. The van der Waals surface area contributed by atoms with Gasteiger partial charge in [0.15, 0.2) is 0 Å². The van der Waals surface area contributed by atoms with Crippen LogP contribution >= 0.6 is 0 Å². The van der Waals surface area contributed by atoms with E-state index < -0.39 is 35.6 Å². The summed E-state index contributed by atoms with van der Waals surface area (Å²) in [6.07, 6.45) is -9.80. The van der Waals surface area contributed by atoms with Crippen LogP contribution in [0.15, 0.2) is 18.2 Å². The molecule has 0 bridgehead atoms. The van der Waals surface area contributed by atoms with E-state index in [9.17, 15) is 31.1 Å². The van der Waals surface area contributed by atoms with Gasteiger partial charge in [-0.25, -0.2) is 4.79 Å². The molecule has 0 saturated carbocycles. The summed E-state index contributed by atoms with van der Waals surface area (Å²) in [4.78, 5) is 12.5. The number of carbonyl (C=O) groups is 1. The van der Waals surface area contributed by atoms with Gasteiger partial charge in [-0.05, 0) is 23.8 Å². The number of benzene rings is 1. The Kier molecular flexibility index (Phi) is 3.54. The molecule has 1 aromatic carbocycles. The maximum atomic E-state index is 12.7. The van der Waals surface area contributed by atoms with E-state index in [1.807, 2.05) is 0 Å². The van der Waals surface area contributed by atoms with E-state index in [0.717, 1.165) is 0 Å². The lowest BCUT2D eigenvalue weighted by molar-refractivity contribution is -0.143. The lowest BCUT2D eigenvalue weighted by Gasteiger charge is -2.17. The van der Waals surface area contributed by atoms with Crippen LogP contribution in [0.2, 0.25) is 0 Å². The second-order valence-corrected chi connectivity index (χ2v) is 4.72. The first kappa shape index (κ1) is 15.5. The number of carbonyl (C=O) groups excluding carboxylic acids is 1. The van der Waals surface area contributed by atoms with Crippen molar-refractivity contribution in [3.63, 3.8) is 0 Å². The highest BCUT2D eigenvalue weighted by molar-refractivity contribution is 5.76. The van der Waals surface area contributed by atoms with Gasteiger partial charge < -0.3 is 10.2 Å². The van der Waals surface area contributed by atoms with Crippen LogP contribution in [0.5, 0.6) is 0 Å². The SMILES string of the molecule is CN1CC(c2cc(C(F)(F)F)cc(C(F)(F)F)c2)NC1=O. The lowest BCUT2D eigenvalue weighted by atomic mass is 10.00. The third-order valence-electron chi connectivity index (χ3n) is 3.11. The molecule has 1 N–H and O–H groups in total. The maximum absolute atomic E-state index is 12.7. The van der Waals surface area contributed by atoms with Crippen molar-refractivity contribution in [2.45, 2.75) is 18.4 Å². The molecule has 1 heterocycles. The molecule has 2 rings (SSSR count). The van der Waals surface area contributed by atoms with Crippen molar-refractivity contribution in [2.24, 2.45) is 0 Å².